The number of thiazole rings is 1. The van der Waals surface area contributed by atoms with Crippen LogP contribution in [0, 0.1) is 5.92 Å². The molecule has 0 aromatic carbocycles. The summed E-state index contributed by atoms with van der Waals surface area (Å²) in [7, 11) is 1.38. The number of aromatic nitrogens is 1. The Kier molecular flexibility index (Phi) is 6.13. The second kappa shape index (κ2) is 8.09. The number of amides is 1. The molecular formula is C14H20N2O4S. The first-order valence-electron chi connectivity index (χ1n) is 7.09. The topological polar surface area (TPSA) is 77.5 Å². The van der Waals surface area contributed by atoms with Gasteiger partial charge >= 0.3 is 5.97 Å². The summed E-state index contributed by atoms with van der Waals surface area (Å²) >= 11 is 1.41. The molecule has 21 heavy (non-hydrogen) atoms. The zero-order valence-corrected chi connectivity index (χ0v) is 12.9. The lowest BCUT2D eigenvalue weighted by Crippen LogP contribution is -2.30. The summed E-state index contributed by atoms with van der Waals surface area (Å²) in [5.74, 6) is -0.313. The zero-order valence-electron chi connectivity index (χ0n) is 12.1. The highest BCUT2D eigenvalue weighted by molar-refractivity contribution is 7.13. The van der Waals surface area contributed by atoms with Crippen molar-refractivity contribution in [2.75, 3.05) is 25.6 Å². The monoisotopic (exact) mass is 312 g/mol. The van der Waals surface area contributed by atoms with Crippen molar-refractivity contribution in [1.29, 1.82) is 0 Å². The summed E-state index contributed by atoms with van der Waals surface area (Å²) in [6, 6.07) is 0. The van der Waals surface area contributed by atoms with E-state index in [0.29, 0.717) is 31.0 Å². The molecule has 1 aromatic rings. The molecule has 1 amide bonds. The maximum atomic E-state index is 12.0. The molecule has 1 aliphatic heterocycles. The first-order valence-corrected chi connectivity index (χ1v) is 7.97. The fraction of sp³-hybridized carbons (Fsp3) is 0.643. The third-order valence-electron chi connectivity index (χ3n) is 3.35. The van der Waals surface area contributed by atoms with Gasteiger partial charge in [-0.3, -0.25) is 9.59 Å². The predicted octanol–water partition coefficient (Wildman–Crippen LogP) is 2.00. The van der Waals surface area contributed by atoms with Crippen LogP contribution in [-0.4, -0.2) is 37.2 Å². The van der Waals surface area contributed by atoms with Crippen LogP contribution in [0.4, 0.5) is 5.13 Å². The first kappa shape index (κ1) is 15.9. The summed E-state index contributed by atoms with van der Waals surface area (Å²) in [6.07, 6.45) is 3.57. The Hall–Kier alpha value is -1.47. The van der Waals surface area contributed by atoms with E-state index in [1.54, 1.807) is 0 Å². The lowest BCUT2D eigenvalue weighted by molar-refractivity contribution is -0.140. The molecule has 2 heterocycles. The van der Waals surface area contributed by atoms with Gasteiger partial charge in [0.25, 0.3) is 0 Å². The molecule has 2 rings (SSSR count). The van der Waals surface area contributed by atoms with E-state index in [-0.39, 0.29) is 17.8 Å². The van der Waals surface area contributed by atoms with Crippen LogP contribution in [0.3, 0.4) is 0 Å². The molecule has 0 aliphatic carbocycles. The van der Waals surface area contributed by atoms with E-state index in [2.05, 4.69) is 15.0 Å². The van der Waals surface area contributed by atoms with Crippen LogP contribution >= 0.6 is 11.3 Å². The maximum absolute atomic E-state index is 12.0. The van der Waals surface area contributed by atoms with E-state index in [4.69, 9.17) is 4.74 Å². The number of esters is 1. The van der Waals surface area contributed by atoms with Gasteiger partial charge in [0.05, 0.1) is 25.3 Å². The Morgan fingerprint density at radius 1 is 1.57 bits per heavy atom. The highest BCUT2D eigenvalue weighted by Gasteiger charge is 2.22. The van der Waals surface area contributed by atoms with Gasteiger partial charge in [0.15, 0.2) is 5.13 Å². The van der Waals surface area contributed by atoms with Crippen molar-refractivity contribution in [3.8, 4) is 0 Å². The normalized spacial score (nSPS) is 18.2. The summed E-state index contributed by atoms with van der Waals surface area (Å²) in [5, 5.41) is 5.36. The number of hydrogen-bond acceptors (Lipinski definition) is 6. The number of nitrogens with one attached hydrogen (secondary N) is 1. The Morgan fingerprint density at radius 3 is 3.14 bits per heavy atom. The van der Waals surface area contributed by atoms with Gasteiger partial charge in [-0.05, 0) is 25.7 Å². The van der Waals surface area contributed by atoms with Crippen molar-refractivity contribution in [2.45, 2.75) is 32.1 Å². The van der Waals surface area contributed by atoms with E-state index in [1.807, 2.05) is 5.38 Å². The maximum Gasteiger partial charge on any atom is 0.305 e. The smallest absolute Gasteiger partial charge is 0.305 e. The molecule has 0 saturated carbocycles. The summed E-state index contributed by atoms with van der Waals surface area (Å²) < 4.78 is 9.90. The summed E-state index contributed by atoms with van der Waals surface area (Å²) in [4.78, 5) is 27.4. The summed E-state index contributed by atoms with van der Waals surface area (Å²) in [6.45, 7) is 1.23. The highest BCUT2D eigenvalue weighted by atomic mass is 32.1. The Bertz CT molecular complexity index is 483. The second-order valence-electron chi connectivity index (χ2n) is 4.98. The molecule has 1 fully saturated rings. The van der Waals surface area contributed by atoms with Crippen molar-refractivity contribution < 1.29 is 19.1 Å². The minimum Gasteiger partial charge on any atom is -0.469 e. The minimum absolute atomic E-state index is 0.0230. The van der Waals surface area contributed by atoms with E-state index in [9.17, 15) is 9.59 Å². The SMILES string of the molecule is COC(=O)CCCc1csc(NC(=O)C2CCCOC2)n1. The third kappa shape index (κ3) is 5.09. The molecule has 0 radical (unpaired) electrons. The number of hydrogen-bond donors (Lipinski definition) is 1. The number of nitrogens with zero attached hydrogens (tertiary/aromatic N) is 1. The van der Waals surface area contributed by atoms with Gasteiger partial charge in [-0.25, -0.2) is 4.98 Å². The number of aryl methyl sites for hydroxylation is 1. The first-order chi connectivity index (χ1) is 10.2. The van der Waals surface area contributed by atoms with Crippen molar-refractivity contribution in [3.63, 3.8) is 0 Å². The van der Waals surface area contributed by atoms with Gasteiger partial charge in [-0.15, -0.1) is 11.3 Å². The lowest BCUT2D eigenvalue weighted by Gasteiger charge is -2.20. The minimum atomic E-state index is -0.212. The van der Waals surface area contributed by atoms with E-state index < -0.39 is 0 Å². The van der Waals surface area contributed by atoms with Crippen LogP contribution in [0.2, 0.25) is 0 Å². The Balaban J connectivity index is 1.76. The lowest BCUT2D eigenvalue weighted by atomic mass is 10.0. The van der Waals surface area contributed by atoms with Crippen LogP contribution < -0.4 is 5.32 Å². The van der Waals surface area contributed by atoms with Crippen LogP contribution in [-0.2, 0) is 25.5 Å². The fourth-order valence-corrected chi connectivity index (χ4v) is 2.90. The molecule has 1 unspecified atom stereocenters. The molecule has 1 aliphatic rings. The molecule has 1 N–H and O–H groups in total. The van der Waals surface area contributed by atoms with Crippen molar-refractivity contribution in [1.82, 2.24) is 4.98 Å². The van der Waals surface area contributed by atoms with Crippen LogP contribution in [0.1, 0.15) is 31.4 Å². The van der Waals surface area contributed by atoms with Crippen LogP contribution in [0.25, 0.3) is 0 Å². The van der Waals surface area contributed by atoms with Gasteiger partial charge < -0.3 is 14.8 Å². The van der Waals surface area contributed by atoms with Crippen LogP contribution in [0.5, 0.6) is 0 Å². The molecule has 116 valence electrons. The number of rotatable bonds is 6. The highest BCUT2D eigenvalue weighted by Crippen LogP contribution is 2.20. The van der Waals surface area contributed by atoms with E-state index in [1.165, 1.54) is 18.4 Å². The van der Waals surface area contributed by atoms with Gasteiger partial charge in [0, 0.05) is 18.4 Å². The Morgan fingerprint density at radius 2 is 2.43 bits per heavy atom. The third-order valence-corrected chi connectivity index (χ3v) is 4.16. The van der Waals surface area contributed by atoms with Gasteiger partial charge in [0.1, 0.15) is 0 Å². The van der Waals surface area contributed by atoms with Gasteiger partial charge in [0.2, 0.25) is 5.91 Å². The molecule has 1 atom stereocenters. The molecular weight excluding hydrogens is 292 g/mol. The molecule has 0 bridgehead atoms. The number of anilines is 1. The van der Waals surface area contributed by atoms with Gasteiger partial charge in [-0.1, -0.05) is 0 Å². The second-order valence-corrected chi connectivity index (χ2v) is 5.84. The summed E-state index contributed by atoms with van der Waals surface area (Å²) in [5.41, 5.74) is 0.888. The van der Waals surface area contributed by atoms with Crippen molar-refractivity contribution in [2.24, 2.45) is 5.92 Å². The number of methoxy groups -OCH3 is 1. The molecule has 0 spiro atoms. The quantitative estimate of drug-likeness (QED) is 0.813. The van der Waals surface area contributed by atoms with Crippen molar-refractivity contribution >= 4 is 28.3 Å². The van der Waals surface area contributed by atoms with Crippen LogP contribution in [0.15, 0.2) is 5.38 Å². The number of carbonyl (C=O) groups excluding carboxylic acids is 2. The standard InChI is InChI=1S/C14H20N2O4S/c1-19-12(17)6-2-5-11-9-21-14(15-11)16-13(18)10-4-3-7-20-8-10/h9-10H,2-8H2,1H3,(H,15,16,18). The zero-order chi connectivity index (χ0) is 15.1. The van der Waals surface area contributed by atoms with Crippen molar-refractivity contribution in [3.05, 3.63) is 11.1 Å². The predicted molar refractivity (Wildman–Crippen MR) is 79.2 cm³/mol. The van der Waals surface area contributed by atoms with E-state index >= 15 is 0 Å². The number of carbonyl (C=O) groups is 2. The van der Waals surface area contributed by atoms with Gasteiger partial charge in [-0.2, -0.15) is 0 Å². The molecule has 7 heteroatoms. The van der Waals surface area contributed by atoms with E-state index in [0.717, 1.165) is 25.1 Å². The largest absolute Gasteiger partial charge is 0.469 e. The average molecular weight is 312 g/mol. The Labute approximate surface area is 127 Å². The fourth-order valence-electron chi connectivity index (χ4n) is 2.15. The molecule has 6 nitrogen and oxygen atoms in total. The average Bonchev–Trinajstić information content (AvgIpc) is 2.95. The number of ether oxygens (including phenoxy) is 2. The molecule has 1 saturated heterocycles. The molecule has 1 aromatic heterocycles.